The highest BCUT2D eigenvalue weighted by Crippen LogP contribution is 2.23. The third-order valence-corrected chi connectivity index (χ3v) is 5.24. The van der Waals surface area contributed by atoms with Crippen molar-refractivity contribution in [2.24, 2.45) is 0 Å². The van der Waals surface area contributed by atoms with Crippen LogP contribution in [-0.2, 0) is 20.3 Å². The van der Waals surface area contributed by atoms with E-state index < -0.39 is 21.9 Å². The standard InChI is InChI=1S/C17H16N2O6S/c1-11(16-18-12(2)19-25-16)24-17(20)15-13(8-9-23-15)10-26(21,22)14-6-4-3-5-7-14/h3-9,11H,10H2,1-2H3. The zero-order valence-corrected chi connectivity index (χ0v) is 14.9. The van der Waals surface area contributed by atoms with Gasteiger partial charge in [-0.3, -0.25) is 0 Å². The predicted octanol–water partition coefficient (Wildman–Crippen LogP) is 2.86. The van der Waals surface area contributed by atoms with Crippen LogP contribution in [0.15, 0.2) is 56.5 Å². The Labute approximate surface area is 149 Å². The maximum Gasteiger partial charge on any atom is 0.375 e. The Morgan fingerprint density at radius 3 is 2.62 bits per heavy atom. The van der Waals surface area contributed by atoms with E-state index >= 15 is 0 Å². The lowest BCUT2D eigenvalue weighted by Gasteiger charge is -2.09. The predicted molar refractivity (Wildman–Crippen MR) is 88.9 cm³/mol. The fourth-order valence-electron chi connectivity index (χ4n) is 2.29. The Morgan fingerprint density at radius 2 is 1.96 bits per heavy atom. The van der Waals surface area contributed by atoms with E-state index in [9.17, 15) is 13.2 Å². The summed E-state index contributed by atoms with van der Waals surface area (Å²) >= 11 is 0. The molecule has 0 N–H and O–H groups in total. The van der Waals surface area contributed by atoms with Gasteiger partial charge in [-0.1, -0.05) is 23.4 Å². The van der Waals surface area contributed by atoms with Crippen molar-refractivity contribution in [3.05, 3.63) is 65.7 Å². The molecule has 0 fully saturated rings. The van der Waals surface area contributed by atoms with E-state index in [1.165, 1.54) is 24.5 Å². The summed E-state index contributed by atoms with van der Waals surface area (Å²) in [5, 5.41) is 3.63. The fourth-order valence-corrected chi connectivity index (χ4v) is 3.66. The van der Waals surface area contributed by atoms with Crippen molar-refractivity contribution in [2.75, 3.05) is 0 Å². The van der Waals surface area contributed by atoms with E-state index in [1.54, 1.807) is 32.0 Å². The van der Waals surface area contributed by atoms with Crippen LogP contribution in [0.3, 0.4) is 0 Å². The molecule has 26 heavy (non-hydrogen) atoms. The molecule has 1 aromatic carbocycles. The molecule has 0 spiro atoms. The van der Waals surface area contributed by atoms with Gasteiger partial charge < -0.3 is 13.7 Å². The van der Waals surface area contributed by atoms with Gasteiger partial charge in [0.2, 0.25) is 5.76 Å². The minimum absolute atomic E-state index is 0.140. The number of hydrogen-bond acceptors (Lipinski definition) is 8. The van der Waals surface area contributed by atoms with Gasteiger partial charge in [-0.15, -0.1) is 0 Å². The topological polar surface area (TPSA) is 112 Å². The Balaban J connectivity index is 1.77. The van der Waals surface area contributed by atoms with Crippen LogP contribution in [0.2, 0.25) is 0 Å². The van der Waals surface area contributed by atoms with Crippen molar-refractivity contribution in [2.45, 2.75) is 30.6 Å². The highest BCUT2D eigenvalue weighted by molar-refractivity contribution is 7.90. The monoisotopic (exact) mass is 376 g/mol. The van der Waals surface area contributed by atoms with Crippen LogP contribution in [0, 0.1) is 6.92 Å². The summed E-state index contributed by atoms with van der Waals surface area (Å²) in [7, 11) is -3.63. The van der Waals surface area contributed by atoms with Crippen molar-refractivity contribution in [3.8, 4) is 0 Å². The van der Waals surface area contributed by atoms with Gasteiger partial charge in [0, 0.05) is 5.56 Å². The number of aromatic nitrogens is 2. The van der Waals surface area contributed by atoms with Crippen LogP contribution >= 0.6 is 0 Å². The molecule has 8 nitrogen and oxygen atoms in total. The molecule has 9 heteroatoms. The lowest BCUT2D eigenvalue weighted by Crippen LogP contribution is -2.12. The van der Waals surface area contributed by atoms with Crippen LogP contribution in [0.4, 0.5) is 0 Å². The molecule has 0 saturated carbocycles. The molecular formula is C17H16N2O6S. The number of aryl methyl sites for hydroxylation is 1. The lowest BCUT2D eigenvalue weighted by molar-refractivity contribution is 0.0229. The highest BCUT2D eigenvalue weighted by Gasteiger charge is 2.26. The van der Waals surface area contributed by atoms with E-state index in [0.29, 0.717) is 5.82 Å². The number of ether oxygens (including phenoxy) is 1. The molecule has 2 aromatic heterocycles. The van der Waals surface area contributed by atoms with Crippen LogP contribution in [0.25, 0.3) is 0 Å². The number of nitrogens with zero attached hydrogens (tertiary/aromatic N) is 2. The zero-order valence-electron chi connectivity index (χ0n) is 14.1. The highest BCUT2D eigenvalue weighted by atomic mass is 32.2. The molecule has 2 heterocycles. The van der Waals surface area contributed by atoms with E-state index in [2.05, 4.69) is 10.1 Å². The first-order valence-corrected chi connectivity index (χ1v) is 9.37. The number of esters is 1. The molecule has 1 unspecified atom stereocenters. The van der Waals surface area contributed by atoms with Gasteiger partial charge in [0.1, 0.15) is 0 Å². The SMILES string of the molecule is Cc1noc(C(C)OC(=O)c2occc2CS(=O)(=O)c2ccccc2)n1. The summed E-state index contributed by atoms with van der Waals surface area (Å²) in [5.41, 5.74) is 0.216. The Kier molecular flexibility index (Phi) is 4.90. The van der Waals surface area contributed by atoms with E-state index in [4.69, 9.17) is 13.7 Å². The Morgan fingerprint density at radius 1 is 1.23 bits per heavy atom. The molecule has 0 bridgehead atoms. The van der Waals surface area contributed by atoms with E-state index in [-0.39, 0.29) is 27.9 Å². The molecule has 3 aromatic rings. The number of sulfone groups is 1. The minimum Gasteiger partial charge on any atom is -0.457 e. The van der Waals surface area contributed by atoms with Gasteiger partial charge in [-0.2, -0.15) is 4.98 Å². The summed E-state index contributed by atoms with van der Waals surface area (Å²) in [6.45, 7) is 3.20. The molecule has 0 saturated heterocycles. The summed E-state index contributed by atoms with van der Waals surface area (Å²) < 4.78 is 40.3. The van der Waals surface area contributed by atoms with Crippen molar-refractivity contribution >= 4 is 15.8 Å². The number of rotatable bonds is 6. The van der Waals surface area contributed by atoms with Crippen molar-refractivity contribution in [1.82, 2.24) is 10.1 Å². The molecule has 136 valence electrons. The minimum atomic E-state index is -3.63. The Hall–Kier alpha value is -2.94. The van der Waals surface area contributed by atoms with Crippen LogP contribution < -0.4 is 0 Å². The van der Waals surface area contributed by atoms with Crippen LogP contribution in [0.5, 0.6) is 0 Å². The first-order valence-electron chi connectivity index (χ1n) is 7.72. The molecule has 0 aliphatic heterocycles. The molecule has 1 atom stereocenters. The number of carbonyl (C=O) groups excluding carboxylic acids is 1. The summed E-state index contributed by atoms with van der Waals surface area (Å²) in [6.07, 6.45) is 0.445. The first kappa shape index (κ1) is 17.9. The van der Waals surface area contributed by atoms with Gasteiger partial charge in [0.05, 0.1) is 16.9 Å². The van der Waals surface area contributed by atoms with Gasteiger partial charge in [-0.25, -0.2) is 13.2 Å². The van der Waals surface area contributed by atoms with Crippen molar-refractivity contribution < 1.29 is 26.9 Å². The number of carbonyl (C=O) groups is 1. The quantitative estimate of drug-likeness (QED) is 0.604. The average molecular weight is 376 g/mol. The molecule has 0 aliphatic carbocycles. The van der Waals surface area contributed by atoms with Gasteiger partial charge in [0.15, 0.2) is 21.8 Å². The smallest absolute Gasteiger partial charge is 0.375 e. The van der Waals surface area contributed by atoms with Gasteiger partial charge >= 0.3 is 5.97 Å². The normalized spacial score (nSPS) is 12.7. The zero-order chi connectivity index (χ0) is 18.7. The molecular weight excluding hydrogens is 360 g/mol. The number of benzene rings is 1. The maximum absolute atomic E-state index is 12.5. The van der Waals surface area contributed by atoms with Crippen LogP contribution in [-0.4, -0.2) is 24.5 Å². The summed E-state index contributed by atoms with van der Waals surface area (Å²) in [5.74, 6) is -0.813. The van der Waals surface area contributed by atoms with Crippen molar-refractivity contribution in [3.63, 3.8) is 0 Å². The summed E-state index contributed by atoms with van der Waals surface area (Å²) in [6, 6.07) is 9.40. The third-order valence-electron chi connectivity index (χ3n) is 3.55. The van der Waals surface area contributed by atoms with E-state index in [0.717, 1.165) is 0 Å². The number of hydrogen-bond donors (Lipinski definition) is 0. The van der Waals surface area contributed by atoms with Gasteiger partial charge in [-0.05, 0) is 32.0 Å². The lowest BCUT2D eigenvalue weighted by atomic mass is 10.3. The fraction of sp³-hybridized carbons (Fsp3) is 0.235. The molecule has 0 radical (unpaired) electrons. The second-order valence-electron chi connectivity index (χ2n) is 5.57. The van der Waals surface area contributed by atoms with Crippen molar-refractivity contribution in [1.29, 1.82) is 0 Å². The first-order chi connectivity index (χ1) is 12.4. The second kappa shape index (κ2) is 7.12. The Bertz CT molecular complexity index is 1010. The molecule has 0 amide bonds. The van der Waals surface area contributed by atoms with Gasteiger partial charge in [0.25, 0.3) is 5.89 Å². The molecule has 3 rings (SSSR count). The third kappa shape index (κ3) is 3.83. The average Bonchev–Trinajstić information content (AvgIpc) is 3.24. The second-order valence-corrected chi connectivity index (χ2v) is 7.56. The van der Waals surface area contributed by atoms with E-state index in [1.807, 2.05) is 0 Å². The maximum atomic E-state index is 12.5. The molecule has 0 aliphatic rings. The largest absolute Gasteiger partial charge is 0.457 e. The summed E-state index contributed by atoms with van der Waals surface area (Å²) in [4.78, 5) is 16.5. The number of furan rings is 1. The van der Waals surface area contributed by atoms with Crippen LogP contribution in [0.1, 0.15) is 40.9 Å².